The van der Waals surface area contributed by atoms with E-state index in [9.17, 15) is 4.79 Å². The molecule has 1 aromatic heterocycles. The largest absolute Gasteiger partial charge is 0.337 e. The second-order valence-electron chi connectivity index (χ2n) is 4.85. The lowest BCUT2D eigenvalue weighted by Gasteiger charge is -2.33. The average Bonchev–Trinajstić information content (AvgIpc) is 2.39. The number of pyridine rings is 1. The number of aromatic nitrogens is 1. The Hall–Kier alpha value is -1.13. The summed E-state index contributed by atoms with van der Waals surface area (Å²) in [5.74, 6) is -0.0489. The van der Waals surface area contributed by atoms with Gasteiger partial charge < -0.3 is 10.6 Å². The van der Waals surface area contributed by atoms with Crippen molar-refractivity contribution in [2.75, 3.05) is 7.05 Å². The minimum absolute atomic E-state index is 0.0489. The van der Waals surface area contributed by atoms with E-state index in [-0.39, 0.29) is 11.9 Å². The number of hydrogen-bond donors (Lipinski definition) is 1. The van der Waals surface area contributed by atoms with Gasteiger partial charge in [0, 0.05) is 25.3 Å². The van der Waals surface area contributed by atoms with E-state index >= 15 is 0 Å². The minimum atomic E-state index is -0.0489. The molecule has 1 fully saturated rings. The molecule has 0 saturated heterocycles. The summed E-state index contributed by atoms with van der Waals surface area (Å²) >= 11 is 5.76. The smallest absolute Gasteiger partial charge is 0.272 e. The van der Waals surface area contributed by atoms with Gasteiger partial charge in [-0.25, -0.2) is 4.98 Å². The molecule has 1 amide bonds. The van der Waals surface area contributed by atoms with Crippen LogP contribution < -0.4 is 5.73 Å². The Labute approximate surface area is 112 Å². The third-order valence-corrected chi connectivity index (χ3v) is 3.78. The van der Waals surface area contributed by atoms with E-state index in [4.69, 9.17) is 17.3 Å². The summed E-state index contributed by atoms with van der Waals surface area (Å²) < 4.78 is 0. The molecule has 0 aliphatic heterocycles. The van der Waals surface area contributed by atoms with Gasteiger partial charge in [-0.2, -0.15) is 0 Å². The van der Waals surface area contributed by atoms with Gasteiger partial charge in [-0.1, -0.05) is 11.6 Å². The number of nitrogens with zero attached hydrogens (tertiary/aromatic N) is 2. The molecule has 4 nitrogen and oxygen atoms in total. The molecule has 98 valence electrons. The third kappa shape index (κ3) is 3.00. The second-order valence-corrected chi connectivity index (χ2v) is 5.28. The summed E-state index contributed by atoms with van der Waals surface area (Å²) in [4.78, 5) is 18.1. The summed E-state index contributed by atoms with van der Waals surface area (Å²) in [7, 11) is 1.83. The molecule has 1 aliphatic rings. The van der Waals surface area contributed by atoms with Gasteiger partial charge >= 0.3 is 0 Å². The van der Waals surface area contributed by atoms with Crippen molar-refractivity contribution in [2.45, 2.75) is 37.8 Å². The van der Waals surface area contributed by atoms with E-state index in [2.05, 4.69) is 4.98 Å². The van der Waals surface area contributed by atoms with Gasteiger partial charge in [-0.3, -0.25) is 4.79 Å². The zero-order valence-electron chi connectivity index (χ0n) is 10.5. The number of carbonyl (C=O) groups is 1. The van der Waals surface area contributed by atoms with E-state index in [1.54, 1.807) is 17.0 Å². The van der Waals surface area contributed by atoms with Crippen LogP contribution in [0.15, 0.2) is 18.3 Å². The highest BCUT2D eigenvalue weighted by atomic mass is 35.5. The Morgan fingerprint density at radius 2 is 2.06 bits per heavy atom. The molecule has 0 unspecified atom stereocenters. The second kappa shape index (κ2) is 5.67. The molecule has 0 spiro atoms. The van der Waals surface area contributed by atoms with Crippen LogP contribution >= 0.6 is 11.6 Å². The van der Waals surface area contributed by atoms with Crippen molar-refractivity contribution in [3.8, 4) is 0 Å². The first-order valence-electron chi connectivity index (χ1n) is 6.22. The number of nitrogens with two attached hydrogens (primary N) is 1. The van der Waals surface area contributed by atoms with Crippen LogP contribution in [0.1, 0.15) is 36.2 Å². The van der Waals surface area contributed by atoms with Gasteiger partial charge in [-0.05, 0) is 37.8 Å². The monoisotopic (exact) mass is 267 g/mol. The molecule has 1 heterocycles. The van der Waals surface area contributed by atoms with Crippen molar-refractivity contribution >= 4 is 17.5 Å². The predicted octanol–water partition coefficient (Wildman–Crippen LogP) is 2.08. The molecule has 0 bridgehead atoms. The van der Waals surface area contributed by atoms with Gasteiger partial charge in [-0.15, -0.1) is 0 Å². The van der Waals surface area contributed by atoms with Gasteiger partial charge in [0.25, 0.3) is 5.91 Å². The maximum absolute atomic E-state index is 12.2. The van der Waals surface area contributed by atoms with Crippen molar-refractivity contribution in [2.24, 2.45) is 5.73 Å². The Balaban J connectivity index is 2.02. The maximum Gasteiger partial charge on any atom is 0.272 e. The van der Waals surface area contributed by atoms with E-state index in [1.807, 2.05) is 7.05 Å². The first-order valence-corrected chi connectivity index (χ1v) is 6.60. The zero-order chi connectivity index (χ0) is 13.1. The normalized spacial score (nSPS) is 23.7. The Kier molecular flexibility index (Phi) is 4.19. The van der Waals surface area contributed by atoms with Gasteiger partial charge in [0.1, 0.15) is 5.69 Å². The van der Waals surface area contributed by atoms with Crippen LogP contribution in [-0.2, 0) is 0 Å². The molecular weight excluding hydrogens is 250 g/mol. The zero-order valence-corrected chi connectivity index (χ0v) is 11.2. The quantitative estimate of drug-likeness (QED) is 0.892. The third-order valence-electron chi connectivity index (χ3n) is 3.56. The average molecular weight is 268 g/mol. The van der Waals surface area contributed by atoms with Crippen LogP contribution in [-0.4, -0.2) is 34.9 Å². The Morgan fingerprint density at radius 1 is 1.39 bits per heavy atom. The molecule has 1 aliphatic carbocycles. The summed E-state index contributed by atoms with van der Waals surface area (Å²) in [6, 6.07) is 3.91. The lowest BCUT2D eigenvalue weighted by atomic mass is 9.91. The number of hydrogen-bond acceptors (Lipinski definition) is 3. The predicted molar refractivity (Wildman–Crippen MR) is 71.6 cm³/mol. The minimum Gasteiger partial charge on any atom is -0.337 e. The maximum atomic E-state index is 12.2. The lowest BCUT2D eigenvalue weighted by molar-refractivity contribution is 0.0684. The summed E-state index contributed by atoms with van der Waals surface area (Å²) in [6.45, 7) is 0. The van der Waals surface area contributed by atoms with Crippen molar-refractivity contribution in [1.82, 2.24) is 9.88 Å². The molecule has 2 N–H and O–H groups in total. The van der Waals surface area contributed by atoms with E-state index in [0.717, 1.165) is 25.7 Å². The number of carbonyl (C=O) groups excluding carboxylic acids is 1. The number of halogens is 1. The summed E-state index contributed by atoms with van der Waals surface area (Å²) in [5.41, 5.74) is 6.31. The van der Waals surface area contributed by atoms with Crippen molar-refractivity contribution in [3.05, 3.63) is 29.0 Å². The topological polar surface area (TPSA) is 59.2 Å². The first-order chi connectivity index (χ1) is 8.58. The van der Waals surface area contributed by atoms with Crippen molar-refractivity contribution < 1.29 is 4.79 Å². The Morgan fingerprint density at radius 3 is 2.61 bits per heavy atom. The molecule has 5 heteroatoms. The van der Waals surface area contributed by atoms with E-state index in [1.165, 1.54) is 6.20 Å². The van der Waals surface area contributed by atoms with Crippen molar-refractivity contribution in [1.29, 1.82) is 0 Å². The molecule has 18 heavy (non-hydrogen) atoms. The highest BCUT2D eigenvalue weighted by Gasteiger charge is 2.26. The molecule has 1 aromatic rings. The molecule has 0 aromatic carbocycles. The van der Waals surface area contributed by atoms with Gasteiger partial charge in [0.05, 0.1) is 5.02 Å². The molecule has 1 saturated carbocycles. The molecular formula is C13H18ClN3O. The van der Waals surface area contributed by atoms with Crippen LogP contribution in [0.4, 0.5) is 0 Å². The van der Waals surface area contributed by atoms with Gasteiger partial charge in [0.2, 0.25) is 0 Å². The standard InChI is InChI=1S/C13H18ClN3O/c1-17(11-5-3-10(15)4-6-11)13(18)12-7-2-9(14)8-16-12/h2,7-8,10-11H,3-6,15H2,1H3. The first kappa shape index (κ1) is 13.3. The fraction of sp³-hybridized carbons (Fsp3) is 0.538. The Bertz CT molecular complexity index is 413. The number of amides is 1. The van der Waals surface area contributed by atoms with Crippen LogP contribution in [0, 0.1) is 0 Å². The fourth-order valence-corrected chi connectivity index (χ4v) is 2.45. The SMILES string of the molecule is CN(C(=O)c1ccc(Cl)cn1)C1CCC(N)CC1. The van der Waals surface area contributed by atoms with Crippen LogP contribution in [0.5, 0.6) is 0 Å². The lowest BCUT2D eigenvalue weighted by Crippen LogP contribution is -2.42. The van der Waals surface area contributed by atoms with Crippen LogP contribution in [0.2, 0.25) is 5.02 Å². The van der Waals surface area contributed by atoms with Crippen molar-refractivity contribution in [3.63, 3.8) is 0 Å². The molecule has 0 atom stereocenters. The highest BCUT2D eigenvalue weighted by Crippen LogP contribution is 2.22. The summed E-state index contributed by atoms with van der Waals surface area (Å²) in [6.07, 6.45) is 5.40. The number of rotatable bonds is 2. The van der Waals surface area contributed by atoms with Crippen LogP contribution in [0.3, 0.4) is 0 Å². The molecule has 2 rings (SSSR count). The highest BCUT2D eigenvalue weighted by molar-refractivity contribution is 6.30. The summed E-state index contributed by atoms with van der Waals surface area (Å²) in [5, 5.41) is 0.540. The van der Waals surface area contributed by atoms with E-state index < -0.39 is 0 Å². The fourth-order valence-electron chi connectivity index (χ4n) is 2.34. The van der Waals surface area contributed by atoms with Crippen LogP contribution in [0.25, 0.3) is 0 Å². The van der Waals surface area contributed by atoms with E-state index in [0.29, 0.717) is 16.8 Å². The molecule has 0 radical (unpaired) electrons. The van der Waals surface area contributed by atoms with Gasteiger partial charge in [0.15, 0.2) is 0 Å².